The maximum absolute atomic E-state index is 12.7. The molecule has 0 aliphatic rings. The van der Waals surface area contributed by atoms with Crippen LogP contribution in [0, 0.1) is 0 Å². The maximum atomic E-state index is 12.7. The van der Waals surface area contributed by atoms with E-state index in [0.29, 0.717) is 18.0 Å². The Bertz CT molecular complexity index is 1130. The van der Waals surface area contributed by atoms with Gasteiger partial charge in [-0.25, -0.2) is 8.42 Å². The zero-order chi connectivity index (χ0) is 21.6. The average Bonchev–Trinajstić information content (AvgIpc) is 2.74. The van der Waals surface area contributed by atoms with Gasteiger partial charge in [-0.05, 0) is 54.4 Å². The van der Waals surface area contributed by atoms with E-state index in [1.807, 2.05) is 24.3 Å². The van der Waals surface area contributed by atoms with Gasteiger partial charge in [-0.3, -0.25) is 9.52 Å². The number of carbonyl (C=O) groups excluding carboxylic acids is 1. The van der Waals surface area contributed by atoms with E-state index in [9.17, 15) is 13.2 Å². The van der Waals surface area contributed by atoms with E-state index >= 15 is 0 Å². The highest BCUT2D eigenvalue weighted by atomic mass is 35.5. The van der Waals surface area contributed by atoms with Gasteiger partial charge >= 0.3 is 0 Å². The summed E-state index contributed by atoms with van der Waals surface area (Å²) >= 11 is 5.90. The summed E-state index contributed by atoms with van der Waals surface area (Å²) in [6.45, 7) is 0.403. The van der Waals surface area contributed by atoms with Crippen molar-refractivity contribution in [3.63, 3.8) is 0 Å². The highest BCUT2D eigenvalue weighted by Crippen LogP contribution is 2.22. The molecule has 3 aromatic carbocycles. The number of carbonyl (C=O) groups is 1. The minimum Gasteiger partial charge on any atom is -0.497 e. The summed E-state index contributed by atoms with van der Waals surface area (Å²) in [5, 5.41) is 3.13. The maximum Gasteiger partial charge on any atom is 0.261 e. The highest BCUT2D eigenvalue weighted by molar-refractivity contribution is 7.92. The molecule has 3 rings (SSSR count). The summed E-state index contributed by atoms with van der Waals surface area (Å²) in [7, 11) is -2.28. The minimum atomic E-state index is -3.89. The van der Waals surface area contributed by atoms with Crippen LogP contribution in [0.3, 0.4) is 0 Å². The van der Waals surface area contributed by atoms with E-state index in [0.717, 1.165) is 11.3 Å². The van der Waals surface area contributed by atoms with E-state index in [-0.39, 0.29) is 22.1 Å². The molecule has 0 atom stereocenters. The second-order valence-corrected chi connectivity index (χ2v) is 8.58. The predicted molar refractivity (Wildman–Crippen MR) is 118 cm³/mol. The molecule has 2 N–H and O–H groups in total. The Morgan fingerprint density at radius 3 is 2.43 bits per heavy atom. The Labute approximate surface area is 180 Å². The summed E-state index contributed by atoms with van der Waals surface area (Å²) < 4.78 is 32.9. The van der Waals surface area contributed by atoms with E-state index in [1.54, 1.807) is 43.5 Å². The molecule has 0 saturated carbocycles. The van der Waals surface area contributed by atoms with Crippen molar-refractivity contribution in [2.24, 2.45) is 0 Å². The number of anilines is 1. The zero-order valence-electron chi connectivity index (χ0n) is 16.3. The lowest BCUT2D eigenvalue weighted by Gasteiger charge is -2.13. The van der Waals surface area contributed by atoms with Gasteiger partial charge in [0.25, 0.3) is 15.9 Å². The first-order chi connectivity index (χ1) is 14.4. The first-order valence-corrected chi connectivity index (χ1v) is 11.0. The first-order valence-electron chi connectivity index (χ1n) is 9.17. The number of rotatable bonds is 8. The topological polar surface area (TPSA) is 84.5 Å². The van der Waals surface area contributed by atoms with Crippen molar-refractivity contribution in [2.45, 2.75) is 11.3 Å². The Hall–Kier alpha value is -3.03. The number of ether oxygens (including phenoxy) is 1. The van der Waals surface area contributed by atoms with Gasteiger partial charge in [0.05, 0.1) is 23.3 Å². The highest BCUT2D eigenvalue weighted by Gasteiger charge is 2.18. The lowest BCUT2D eigenvalue weighted by Crippen LogP contribution is -2.27. The molecule has 0 bridgehead atoms. The van der Waals surface area contributed by atoms with Crippen LogP contribution in [0.25, 0.3) is 0 Å². The fourth-order valence-corrected chi connectivity index (χ4v) is 4.20. The van der Waals surface area contributed by atoms with E-state index in [1.165, 1.54) is 12.1 Å². The fourth-order valence-electron chi connectivity index (χ4n) is 2.82. The number of halogens is 1. The zero-order valence-corrected chi connectivity index (χ0v) is 17.8. The third kappa shape index (κ3) is 5.52. The van der Waals surface area contributed by atoms with Crippen LogP contribution in [0.1, 0.15) is 15.9 Å². The van der Waals surface area contributed by atoms with Gasteiger partial charge in [-0.2, -0.15) is 0 Å². The van der Waals surface area contributed by atoms with Crippen molar-refractivity contribution in [3.8, 4) is 5.75 Å². The monoisotopic (exact) mass is 444 g/mol. The van der Waals surface area contributed by atoms with Crippen molar-refractivity contribution in [3.05, 3.63) is 88.9 Å². The third-order valence-electron chi connectivity index (χ3n) is 4.38. The molecular formula is C22H21ClN2O4S. The SMILES string of the molecule is COc1ccc(CCNC(=O)c2ccccc2NS(=O)(=O)c2cccc(Cl)c2)cc1. The number of methoxy groups -OCH3 is 1. The molecule has 0 fully saturated rings. The van der Waals surface area contributed by atoms with Crippen molar-refractivity contribution in [2.75, 3.05) is 18.4 Å². The van der Waals surface area contributed by atoms with Gasteiger partial charge in [0.2, 0.25) is 0 Å². The van der Waals surface area contributed by atoms with Gasteiger partial charge in [0.1, 0.15) is 5.75 Å². The largest absolute Gasteiger partial charge is 0.497 e. The summed E-state index contributed by atoms with van der Waals surface area (Å²) in [5.74, 6) is 0.400. The second kappa shape index (κ2) is 9.65. The molecule has 0 radical (unpaired) electrons. The molecule has 156 valence electrons. The molecule has 0 aliphatic heterocycles. The second-order valence-electron chi connectivity index (χ2n) is 6.46. The van der Waals surface area contributed by atoms with Crippen molar-refractivity contribution >= 4 is 33.2 Å². The van der Waals surface area contributed by atoms with Crippen LogP contribution in [0.4, 0.5) is 5.69 Å². The third-order valence-corrected chi connectivity index (χ3v) is 5.98. The Kier molecular flexibility index (Phi) is 6.97. The average molecular weight is 445 g/mol. The number of sulfonamides is 1. The van der Waals surface area contributed by atoms with Gasteiger partial charge in [0.15, 0.2) is 0 Å². The summed E-state index contributed by atoms with van der Waals surface area (Å²) in [6.07, 6.45) is 0.631. The van der Waals surface area contributed by atoms with Gasteiger partial charge < -0.3 is 10.1 Å². The minimum absolute atomic E-state index is 0.0183. The molecular weight excluding hydrogens is 424 g/mol. The molecule has 0 saturated heterocycles. The van der Waals surface area contributed by atoms with Crippen molar-refractivity contribution in [1.29, 1.82) is 0 Å². The van der Waals surface area contributed by atoms with Crippen LogP contribution < -0.4 is 14.8 Å². The molecule has 0 aromatic heterocycles. The number of benzene rings is 3. The molecule has 30 heavy (non-hydrogen) atoms. The van der Waals surface area contributed by atoms with Gasteiger partial charge in [-0.1, -0.05) is 41.9 Å². The van der Waals surface area contributed by atoms with Gasteiger partial charge in [-0.15, -0.1) is 0 Å². The molecule has 0 spiro atoms. The molecule has 0 heterocycles. The summed E-state index contributed by atoms with van der Waals surface area (Å²) in [6, 6.07) is 19.9. The van der Waals surface area contributed by atoms with E-state index in [4.69, 9.17) is 16.3 Å². The van der Waals surface area contributed by atoms with Crippen LogP contribution in [0.2, 0.25) is 5.02 Å². The van der Waals surface area contributed by atoms with Crippen LogP contribution in [-0.4, -0.2) is 28.0 Å². The molecule has 6 nitrogen and oxygen atoms in total. The van der Waals surface area contributed by atoms with Crippen LogP contribution in [0.15, 0.2) is 77.7 Å². The summed E-state index contributed by atoms with van der Waals surface area (Å²) in [5.41, 5.74) is 1.48. The smallest absolute Gasteiger partial charge is 0.261 e. The number of amides is 1. The Balaban J connectivity index is 1.68. The molecule has 3 aromatic rings. The predicted octanol–water partition coefficient (Wildman–Crippen LogP) is 4.12. The molecule has 8 heteroatoms. The van der Waals surface area contributed by atoms with Gasteiger partial charge in [0, 0.05) is 11.6 Å². The lowest BCUT2D eigenvalue weighted by molar-refractivity contribution is 0.0955. The van der Waals surface area contributed by atoms with E-state index < -0.39 is 10.0 Å². The molecule has 1 amide bonds. The number of nitrogens with one attached hydrogen (secondary N) is 2. The summed E-state index contributed by atoms with van der Waals surface area (Å²) in [4.78, 5) is 12.7. The van der Waals surface area contributed by atoms with Crippen LogP contribution >= 0.6 is 11.6 Å². The lowest BCUT2D eigenvalue weighted by atomic mass is 10.1. The first kappa shape index (κ1) is 21.7. The fraction of sp³-hybridized carbons (Fsp3) is 0.136. The normalized spacial score (nSPS) is 11.0. The van der Waals surface area contributed by atoms with Crippen molar-refractivity contribution in [1.82, 2.24) is 5.32 Å². The number of para-hydroxylation sites is 1. The van der Waals surface area contributed by atoms with Crippen LogP contribution in [-0.2, 0) is 16.4 Å². The van der Waals surface area contributed by atoms with Crippen LogP contribution in [0.5, 0.6) is 5.75 Å². The number of hydrogen-bond acceptors (Lipinski definition) is 4. The standard InChI is InChI=1S/C22H21ClN2O4S/c1-29-18-11-9-16(10-12-18)13-14-24-22(26)20-7-2-3-8-21(20)25-30(27,28)19-6-4-5-17(23)15-19/h2-12,15,25H,13-14H2,1H3,(H,24,26). The Morgan fingerprint density at radius 1 is 1.00 bits per heavy atom. The quantitative estimate of drug-likeness (QED) is 0.547. The molecule has 0 unspecified atom stereocenters. The van der Waals surface area contributed by atoms with E-state index in [2.05, 4.69) is 10.0 Å². The Morgan fingerprint density at radius 2 is 1.73 bits per heavy atom. The molecule has 0 aliphatic carbocycles. The van der Waals surface area contributed by atoms with Crippen molar-refractivity contribution < 1.29 is 17.9 Å². The number of hydrogen-bond donors (Lipinski definition) is 2.